The maximum atomic E-state index is 13.3. The Kier molecular flexibility index (Phi) is 7.42. The van der Waals surface area contributed by atoms with Gasteiger partial charge in [-0.25, -0.2) is 4.39 Å². The molecule has 0 bridgehead atoms. The molecule has 0 saturated heterocycles. The topological polar surface area (TPSA) is 17.1 Å². The molecule has 28 heavy (non-hydrogen) atoms. The summed E-state index contributed by atoms with van der Waals surface area (Å²) in [6.45, 7) is 0. The van der Waals surface area contributed by atoms with Crippen molar-refractivity contribution in [3.05, 3.63) is 0 Å². The molecule has 1 unspecified atom stereocenters. The van der Waals surface area contributed by atoms with Crippen LogP contribution in [-0.2, 0) is 4.79 Å². The fourth-order valence-electron chi connectivity index (χ4n) is 1.75. The van der Waals surface area contributed by atoms with Crippen molar-refractivity contribution >= 4 is 6.04 Å². The van der Waals surface area contributed by atoms with Gasteiger partial charge in [-0.15, -0.1) is 0 Å². The highest BCUT2D eigenvalue weighted by molar-refractivity contribution is 5.78. The summed E-state index contributed by atoms with van der Waals surface area (Å²) in [7, 11) is 0. The van der Waals surface area contributed by atoms with Gasteiger partial charge in [0.1, 0.15) is 0 Å². The molecule has 0 aromatic heterocycles. The lowest BCUT2D eigenvalue weighted by atomic mass is 9.91. The van der Waals surface area contributed by atoms with E-state index in [1.807, 2.05) is 0 Å². The van der Waals surface area contributed by atoms with E-state index in [0.717, 1.165) is 0 Å². The quantitative estimate of drug-likeness (QED) is 0.221. The monoisotopic (exact) mass is 454 g/mol. The van der Waals surface area contributed by atoms with Gasteiger partial charge in [0.15, 0.2) is 6.17 Å². The van der Waals surface area contributed by atoms with Crippen molar-refractivity contribution < 1.29 is 70.7 Å². The second-order valence-electron chi connectivity index (χ2n) is 5.52. The van der Waals surface area contributed by atoms with Gasteiger partial charge in [-0.1, -0.05) is 0 Å². The molecule has 1 atom stereocenters. The van der Waals surface area contributed by atoms with E-state index in [9.17, 15) is 70.7 Å². The lowest BCUT2D eigenvalue weighted by Gasteiger charge is -2.39. The maximum Gasteiger partial charge on any atom is 0.404 e. The summed E-state index contributed by atoms with van der Waals surface area (Å²) in [4.78, 5) is 9.70. The van der Waals surface area contributed by atoms with Crippen molar-refractivity contribution in [2.24, 2.45) is 0 Å². The standard InChI is InChI=1S/C12H9F15O/c13-5(3-1-2-4-7(15,16)17)8(18,19)10(22,23)12(26,27)11(24,25)9(20,21)6(14)28/h5H,1-4H2. The lowest BCUT2D eigenvalue weighted by Crippen LogP contribution is -2.69. The van der Waals surface area contributed by atoms with Crippen LogP contribution in [0.1, 0.15) is 25.7 Å². The Morgan fingerprint density at radius 1 is 0.679 bits per heavy atom. The Morgan fingerprint density at radius 3 is 1.46 bits per heavy atom. The SMILES string of the molecule is O=C(F)C(F)(F)C(F)(F)C(F)(F)C(F)(F)C(F)(F)C(F)CCCCC(F)(F)F. The van der Waals surface area contributed by atoms with E-state index in [2.05, 4.69) is 0 Å². The molecule has 16 heteroatoms. The largest absolute Gasteiger partial charge is 0.404 e. The van der Waals surface area contributed by atoms with Gasteiger partial charge in [-0.05, 0) is 19.3 Å². The van der Waals surface area contributed by atoms with E-state index in [1.165, 1.54) is 0 Å². The van der Waals surface area contributed by atoms with Crippen molar-refractivity contribution in [2.75, 3.05) is 0 Å². The molecule has 0 heterocycles. The summed E-state index contributed by atoms with van der Waals surface area (Å²) < 4.78 is 191. The number of rotatable bonds is 10. The number of carbonyl (C=O) groups is 1. The first-order valence-corrected chi connectivity index (χ1v) is 6.87. The highest BCUT2D eigenvalue weighted by Crippen LogP contribution is 2.58. The molecule has 0 aliphatic heterocycles. The molecule has 0 N–H and O–H groups in total. The first-order chi connectivity index (χ1) is 12.1. The zero-order valence-electron chi connectivity index (χ0n) is 13.0. The molecule has 0 fully saturated rings. The summed E-state index contributed by atoms with van der Waals surface area (Å²) in [6, 6.07) is -4.56. The van der Waals surface area contributed by atoms with E-state index < -0.39 is 73.7 Å². The van der Waals surface area contributed by atoms with Gasteiger partial charge < -0.3 is 0 Å². The molecule has 0 saturated carbocycles. The summed E-state index contributed by atoms with van der Waals surface area (Å²) in [5.74, 6) is -37.1. The normalized spacial score (nSPS) is 16.2. The second-order valence-corrected chi connectivity index (χ2v) is 5.52. The van der Waals surface area contributed by atoms with Gasteiger partial charge in [0.2, 0.25) is 0 Å². The fraction of sp³-hybridized carbons (Fsp3) is 0.917. The number of halogens is 15. The summed E-state index contributed by atoms with van der Waals surface area (Å²) in [5, 5.41) is 0. The van der Waals surface area contributed by atoms with Crippen molar-refractivity contribution in [3.8, 4) is 0 Å². The van der Waals surface area contributed by atoms with Crippen LogP contribution in [0.3, 0.4) is 0 Å². The van der Waals surface area contributed by atoms with E-state index in [1.54, 1.807) is 0 Å². The highest BCUT2D eigenvalue weighted by atomic mass is 19.4. The minimum atomic E-state index is -7.84. The predicted octanol–water partition coefficient (Wildman–Crippen LogP) is 6.12. The first-order valence-electron chi connectivity index (χ1n) is 6.87. The van der Waals surface area contributed by atoms with E-state index in [-0.39, 0.29) is 0 Å². The minimum absolute atomic E-state index is 1.13. The maximum absolute atomic E-state index is 13.3. The van der Waals surface area contributed by atoms with Gasteiger partial charge >= 0.3 is 41.8 Å². The third-order valence-corrected chi connectivity index (χ3v) is 3.41. The third-order valence-electron chi connectivity index (χ3n) is 3.41. The molecular formula is C12H9F15O. The number of hydrogen-bond acceptors (Lipinski definition) is 1. The Bertz CT molecular complexity index is 550. The van der Waals surface area contributed by atoms with Crippen molar-refractivity contribution in [1.29, 1.82) is 0 Å². The smallest absolute Gasteiger partial charge is 0.254 e. The third kappa shape index (κ3) is 4.60. The van der Waals surface area contributed by atoms with Crippen LogP contribution >= 0.6 is 0 Å². The van der Waals surface area contributed by atoms with Crippen LogP contribution in [0.15, 0.2) is 0 Å². The van der Waals surface area contributed by atoms with E-state index >= 15 is 0 Å². The molecule has 0 aromatic rings. The van der Waals surface area contributed by atoms with Crippen molar-refractivity contribution in [3.63, 3.8) is 0 Å². The number of unbranched alkanes of at least 4 members (excludes halogenated alkanes) is 1. The highest BCUT2D eigenvalue weighted by Gasteiger charge is 2.88. The van der Waals surface area contributed by atoms with Gasteiger partial charge in [-0.3, -0.25) is 4.79 Å². The predicted molar refractivity (Wildman–Crippen MR) is 60.3 cm³/mol. The van der Waals surface area contributed by atoms with Gasteiger partial charge in [0.05, 0.1) is 0 Å². The van der Waals surface area contributed by atoms with E-state index in [4.69, 9.17) is 0 Å². The molecule has 1 nitrogen and oxygen atoms in total. The van der Waals surface area contributed by atoms with Gasteiger partial charge in [0, 0.05) is 6.42 Å². The zero-order chi connectivity index (χ0) is 23.0. The molecular weight excluding hydrogens is 445 g/mol. The first kappa shape index (κ1) is 26.6. The molecule has 0 aliphatic carbocycles. The summed E-state index contributed by atoms with van der Waals surface area (Å²) in [6.07, 6.45) is -15.4. The number of hydrogen-bond donors (Lipinski definition) is 0. The van der Waals surface area contributed by atoms with Gasteiger partial charge in [0.25, 0.3) is 0 Å². The molecule has 0 rings (SSSR count). The summed E-state index contributed by atoms with van der Waals surface area (Å²) >= 11 is 0. The van der Waals surface area contributed by atoms with Crippen LogP contribution < -0.4 is 0 Å². The Hall–Kier alpha value is -1.38. The average Bonchev–Trinajstić information content (AvgIpc) is 2.49. The van der Waals surface area contributed by atoms with Crippen LogP contribution in [0.4, 0.5) is 65.9 Å². The average molecular weight is 454 g/mol. The molecule has 0 amide bonds. The Balaban J connectivity index is 5.64. The Morgan fingerprint density at radius 2 is 1.11 bits per heavy atom. The summed E-state index contributed by atoms with van der Waals surface area (Å²) in [5.41, 5.74) is 0. The lowest BCUT2D eigenvalue weighted by molar-refractivity contribution is -0.402. The molecule has 0 spiro atoms. The number of alkyl halides is 14. The molecule has 0 aliphatic rings. The van der Waals surface area contributed by atoms with Crippen molar-refractivity contribution in [2.45, 2.75) is 67.6 Å². The molecule has 0 aromatic carbocycles. The molecule has 168 valence electrons. The van der Waals surface area contributed by atoms with Crippen LogP contribution in [0.5, 0.6) is 0 Å². The fourth-order valence-corrected chi connectivity index (χ4v) is 1.75. The molecule has 0 radical (unpaired) electrons. The zero-order valence-corrected chi connectivity index (χ0v) is 13.0. The van der Waals surface area contributed by atoms with Crippen LogP contribution in [0, 0.1) is 0 Å². The Labute approximate surface area is 145 Å². The van der Waals surface area contributed by atoms with Crippen molar-refractivity contribution in [1.82, 2.24) is 0 Å². The van der Waals surface area contributed by atoms with Crippen LogP contribution in [0.25, 0.3) is 0 Å². The second kappa shape index (κ2) is 7.80. The minimum Gasteiger partial charge on any atom is -0.254 e. The van der Waals surface area contributed by atoms with Gasteiger partial charge in [-0.2, -0.15) is 61.5 Å². The van der Waals surface area contributed by atoms with Crippen LogP contribution in [-0.4, -0.2) is 48.0 Å². The van der Waals surface area contributed by atoms with E-state index in [0.29, 0.717) is 0 Å². The van der Waals surface area contributed by atoms with Crippen LogP contribution in [0.2, 0.25) is 0 Å². The number of carbonyl (C=O) groups excluding carboxylic acids is 1.